The number of methoxy groups -OCH3 is 1. The van der Waals surface area contributed by atoms with E-state index in [1.807, 2.05) is 7.05 Å². The molecule has 1 aliphatic rings. The lowest BCUT2D eigenvalue weighted by Gasteiger charge is -2.30. The van der Waals surface area contributed by atoms with Gasteiger partial charge >= 0.3 is 0 Å². The lowest BCUT2D eigenvalue weighted by molar-refractivity contribution is 0.0604. The van der Waals surface area contributed by atoms with E-state index in [0.29, 0.717) is 28.3 Å². The van der Waals surface area contributed by atoms with Crippen LogP contribution in [0.1, 0.15) is 17.7 Å². The van der Waals surface area contributed by atoms with Crippen LogP contribution in [0.3, 0.4) is 0 Å². The number of nitrogens with zero attached hydrogens (tertiary/aromatic N) is 1. The van der Waals surface area contributed by atoms with Crippen LogP contribution in [0.2, 0.25) is 0 Å². The van der Waals surface area contributed by atoms with E-state index in [4.69, 9.17) is 4.74 Å². The van der Waals surface area contributed by atoms with Crippen LogP contribution in [0.15, 0.2) is 14.7 Å². The molecule has 1 saturated heterocycles. The highest BCUT2D eigenvalue weighted by atomic mass is 79.9. The molecule has 1 aromatic rings. The van der Waals surface area contributed by atoms with Crippen LogP contribution in [-0.2, 0) is 21.3 Å². The molecule has 2 rings (SSSR count). The molecule has 1 aliphatic heterocycles. The third-order valence-corrected chi connectivity index (χ3v) is 7.56. The van der Waals surface area contributed by atoms with Gasteiger partial charge in [0.1, 0.15) is 4.90 Å². The number of ether oxygens (including phenoxy) is 1. The predicted octanol–water partition coefficient (Wildman–Crippen LogP) is 2.03. The van der Waals surface area contributed by atoms with Gasteiger partial charge in [-0.2, -0.15) is 4.31 Å². The Kier molecular flexibility index (Phi) is 5.61. The van der Waals surface area contributed by atoms with E-state index < -0.39 is 10.0 Å². The topological polar surface area (TPSA) is 58.6 Å². The molecule has 0 saturated carbocycles. The first-order chi connectivity index (χ1) is 9.48. The third-order valence-electron chi connectivity index (χ3n) is 3.41. The number of hydrogen-bond donors (Lipinski definition) is 1. The zero-order valence-electron chi connectivity index (χ0n) is 11.6. The van der Waals surface area contributed by atoms with Crippen LogP contribution < -0.4 is 5.32 Å². The molecule has 8 heteroatoms. The maximum absolute atomic E-state index is 12.7. The highest BCUT2D eigenvalue weighted by Crippen LogP contribution is 2.34. The van der Waals surface area contributed by atoms with Gasteiger partial charge in [0.15, 0.2) is 0 Å². The van der Waals surface area contributed by atoms with Crippen LogP contribution >= 0.6 is 27.3 Å². The van der Waals surface area contributed by atoms with Crippen molar-refractivity contribution in [3.8, 4) is 0 Å². The molecular weight excluding hydrogens is 364 g/mol. The molecule has 1 aromatic heterocycles. The first-order valence-corrected chi connectivity index (χ1v) is 9.49. The highest BCUT2D eigenvalue weighted by molar-refractivity contribution is 9.11. The monoisotopic (exact) mass is 382 g/mol. The average Bonchev–Trinajstić information content (AvgIpc) is 2.81. The van der Waals surface area contributed by atoms with Crippen molar-refractivity contribution in [3.05, 3.63) is 14.7 Å². The molecule has 0 amide bonds. The molecule has 0 bridgehead atoms. The molecule has 2 heterocycles. The summed E-state index contributed by atoms with van der Waals surface area (Å²) in [7, 11) is 0.111. The summed E-state index contributed by atoms with van der Waals surface area (Å²) in [5, 5.41) is 3.03. The van der Waals surface area contributed by atoms with Gasteiger partial charge in [-0.25, -0.2) is 8.42 Å². The molecular formula is C12H19BrN2O3S2. The van der Waals surface area contributed by atoms with E-state index in [9.17, 15) is 8.42 Å². The second-order valence-corrected chi connectivity index (χ2v) is 9.08. The molecule has 0 aliphatic carbocycles. The Balaban J connectivity index is 2.18. The fourth-order valence-electron chi connectivity index (χ4n) is 2.28. The first kappa shape index (κ1) is 16.4. The Morgan fingerprint density at radius 2 is 2.15 bits per heavy atom. The van der Waals surface area contributed by atoms with Crippen molar-refractivity contribution in [3.63, 3.8) is 0 Å². The molecule has 1 N–H and O–H groups in total. The van der Waals surface area contributed by atoms with Gasteiger partial charge in [-0.3, -0.25) is 0 Å². The van der Waals surface area contributed by atoms with Crippen LogP contribution in [-0.4, -0.2) is 46.1 Å². The number of hydrogen-bond acceptors (Lipinski definition) is 5. The van der Waals surface area contributed by atoms with E-state index in [2.05, 4.69) is 21.2 Å². The number of sulfonamides is 1. The Hall–Kier alpha value is 0.01000. The van der Waals surface area contributed by atoms with Crippen LogP contribution in [0.4, 0.5) is 0 Å². The standard InChI is InChI=1S/C12H19BrN2O3S2/c1-14-8-10-7-11(12(13)19-10)20(16,17)15-5-3-9(18-2)4-6-15/h7,9,14H,3-6,8H2,1-2H3. The Bertz CT molecular complexity index is 551. The van der Waals surface area contributed by atoms with E-state index in [1.165, 1.54) is 11.3 Å². The summed E-state index contributed by atoms with van der Waals surface area (Å²) in [6, 6.07) is 1.75. The minimum Gasteiger partial charge on any atom is -0.381 e. The normalized spacial score (nSPS) is 18.6. The van der Waals surface area contributed by atoms with E-state index >= 15 is 0 Å². The lowest BCUT2D eigenvalue weighted by Crippen LogP contribution is -2.40. The van der Waals surface area contributed by atoms with Crippen molar-refractivity contribution in [1.82, 2.24) is 9.62 Å². The van der Waals surface area contributed by atoms with Crippen LogP contribution in [0.25, 0.3) is 0 Å². The SMILES string of the molecule is CNCc1cc(S(=O)(=O)N2CCC(OC)CC2)c(Br)s1. The van der Waals surface area contributed by atoms with Crippen molar-refractivity contribution >= 4 is 37.3 Å². The van der Waals surface area contributed by atoms with Gasteiger partial charge in [0.2, 0.25) is 10.0 Å². The Morgan fingerprint density at radius 1 is 1.50 bits per heavy atom. The maximum Gasteiger partial charge on any atom is 0.245 e. The Morgan fingerprint density at radius 3 is 2.70 bits per heavy atom. The van der Waals surface area contributed by atoms with Gasteiger partial charge in [0.25, 0.3) is 0 Å². The van der Waals surface area contributed by atoms with Gasteiger partial charge in [-0.1, -0.05) is 0 Å². The second-order valence-electron chi connectivity index (χ2n) is 4.72. The van der Waals surface area contributed by atoms with Crippen LogP contribution in [0, 0.1) is 0 Å². The summed E-state index contributed by atoms with van der Waals surface area (Å²) in [5.74, 6) is 0. The highest BCUT2D eigenvalue weighted by Gasteiger charge is 2.31. The molecule has 0 atom stereocenters. The van der Waals surface area contributed by atoms with Gasteiger partial charge in [-0.15, -0.1) is 11.3 Å². The van der Waals surface area contributed by atoms with Crippen LogP contribution in [0.5, 0.6) is 0 Å². The molecule has 0 aromatic carbocycles. The summed E-state index contributed by atoms with van der Waals surface area (Å²) in [6.07, 6.45) is 1.68. The zero-order valence-corrected chi connectivity index (χ0v) is 14.8. The molecule has 1 fully saturated rings. The number of thiophene rings is 1. The fraction of sp³-hybridized carbons (Fsp3) is 0.667. The largest absolute Gasteiger partial charge is 0.381 e. The summed E-state index contributed by atoms with van der Waals surface area (Å²) in [6.45, 7) is 1.71. The molecule has 114 valence electrons. The number of rotatable bonds is 5. The first-order valence-electron chi connectivity index (χ1n) is 6.44. The van der Waals surface area contributed by atoms with Gasteiger partial charge < -0.3 is 10.1 Å². The van der Waals surface area contributed by atoms with Gasteiger partial charge in [0, 0.05) is 31.6 Å². The van der Waals surface area contributed by atoms with Crippen molar-refractivity contribution < 1.29 is 13.2 Å². The minimum absolute atomic E-state index is 0.173. The van der Waals surface area contributed by atoms with Gasteiger partial charge in [-0.05, 0) is 41.9 Å². The van der Waals surface area contributed by atoms with Crippen molar-refractivity contribution in [1.29, 1.82) is 0 Å². The van der Waals surface area contributed by atoms with E-state index in [1.54, 1.807) is 17.5 Å². The predicted molar refractivity (Wildman–Crippen MR) is 83.6 cm³/mol. The maximum atomic E-state index is 12.7. The van der Waals surface area contributed by atoms with Crippen molar-refractivity contribution in [2.75, 3.05) is 27.2 Å². The lowest BCUT2D eigenvalue weighted by atomic mass is 10.1. The summed E-state index contributed by atoms with van der Waals surface area (Å²) in [4.78, 5) is 1.38. The third kappa shape index (κ3) is 3.42. The van der Waals surface area contributed by atoms with Crippen molar-refractivity contribution in [2.45, 2.75) is 30.4 Å². The van der Waals surface area contributed by atoms with Gasteiger partial charge in [0.05, 0.1) is 9.89 Å². The number of nitrogens with one attached hydrogen (secondary N) is 1. The van der Waals surface area contributed by atoms with Crippen molar-refractivity contribution in [2.24, 2.45) is 0 Å². The second kappa shape index (κ2) is 6.85. The average molecular weight is 383 g/mol. The fourth-order valence-corrected chi connectivity index (χ4v) is 6.40. The zero-order chi connectivity index (χ0) is 14.8. The molecule has 0 unspecified atom stereocenters. The minimum atomic E-state index is -3.41. The molecule has 0 radical (unpaired) electrons. The molecule has 5 nitrogen and oxygen atoms in total. The van der Waals surface area contributed by atoms with E-state index in [0.717, 1.165) is 17.7 Å². The van der Waals surface area contributed by atoms with E-state index in [-0.39, 0.29) is 6.10 Å². The summed E-state index contributed by atoms with van der Waals surface area (Å²) >= 11 is 4.83. The number of piperidine rings is 1. The Labute approximate surface area is 132 Å². The summed E-state index contributed by atoms with van der Waals surface area (Å²) in [5.41, 5.74) is 0. The smallest absolute Gasteiger partial charge is 0.245 e. The summed E-state index contributed by atoms with van der Waals surface area (Å²) < 4.78 is 32.8. The molecule has 0 spiro atoms. The number of halogens is 1. The molecule has 20 heavy (non-hydrogen) atoms. The quantitative estimate of drug-likeness (QED) is 0.846.